The topological polar surface area (TPSA) is 25.8 Å². The summed E-state index contributed by atoms with van der Waals surface area (Å²) in [5, 5.41) is 9.79. The maximum atomic E-state index is 5.58. The highest BCUT2D eigenvalue weighted by atomic mass is 32.1. The minimum atomic E-state index is 0.951. The molecular formula is C54H38N2S. The van der Waals surface area contributed by atoms with Crippen molar-refractivity contribution in [2.24, 2.45) is 0 Å². The molecule has 0 aliphatic heterocycles. The molecule has 0 unspecified atom stereocenters. The van der Waals surface area contributed by atoms with E-state index in [4.69, 9.17) is 9.97 Å². The fourth-order valence-electron chi connectivity index (χ4n) is 9.08. The van der Waals surface area contributed by atoms with Crippen molar-refractivity contribution in [3.05, 3.63) is 180 Å². The van der Waals surface area contributed by atoms with Crippen LogP contribution in [-0.2, 0) is 0 Å². The minimum Gasteiger partial charge on any atom is -0.245 e. The first-order valence-corrected chi connectivity index (χ1v) is 20.5. The summed E-state index contributed by atoms with van der Waals surface area (Å²) in [4.78, 5) is 11.1. The molecule has 3 aromatic heterocycles. The average molecular weight is 747 g/mol. The summed E-state index contributed by atoms with van der Waals surface area (Å²) < 4.78 is 2.67. The average Bonchev–Trinajstić information content (AvgIpc) is 3.65. The van der Waals surface area contributed by atoms with Gasteiger partial charge in [-0.2, -0.15) is 0 Å². The number of aryl methyl sites for hydroxylation is 2. The van der Waals surface area contributed by atoms with Crippen LogP contribution < -0.4 is 0 Å². The fraction of sp³-hybridized carbons (Fsp3) is 0.0741. The van der Waals surface area contributed by atoms with Crippen molar-refractivity contribution in [2.75, 3.05) is 0 Å². The van der Waals surface area contributed by atoms with Crippen molar-refractivity contribution >= 4 is 74.9 Å². The van der Waals surface area contributed by atoms with E-state index < -0.39 is 0 Å². The van der Waals surface area contributed by atoms with E-state index in [0.29, 0.717) is 0 Å². The summed E-state index contributed by atoms with van der Waals surface area (Å²) >= 11 is 1.88. The number of rotatable bonds is 4. The summed E-state index contributed by atoms with van der Waals surface area (Å²) in [6.45, 7) is 8.88. The van der Waals surface area contributed by atoms with Gasteiger partial charge in [0.1, 0.15) is 0 Å². The van der Waals surface area contributed by atoms with Crippen LogP contribution in [0.1, 0.15) is 22.3 Å². The van der Waals surface area contributed by atoms with Crippen molar-refractivity contribution in [2.45, 2.75) is 27.7 Å². The van der Waals surface area contributed by atoms with Crippen LogP contribution in [-0.4, -0.2) is 9.97 Å². The van der Waals surface area contributed by atoms with Gasteiger partial charge in [-0.1, -0.05) is 152 Å². The van der Waals surface area contributed by atoms with Gasteiger partial charge in [0.15, 0.2) is 0 Å². The van der Waals surface area contributed by atoms with E-state index in [0.717, 1.165) is 44.3 Å². The van der Waals surface area contributed by atoms with E-state index in [2.05, 4.69) is 185 Å². The first-order chi connectivity index (χ1) is 27.9. The Balaban J connectivity index is 1.06. The third-order valence-electron chi connectivity index (χ3n) is 12.4. The Labute approximate surface area is 335 Å². The molecule has 270 valence electrons. The van der Waals surface area contributed by atoms with E-state index in [1.54, 1.807) is 0 Å². The Morgan fingerprint density at radius 1 is 0.333 bits per heavy atom. The summed E-state index contributed by atoms with van der Waals surface area (Å²) in [6.07, 6.45) is 0. The maximum Gasteiger partial charge on any atom is 0.0975 e. The summed E-state index contributed by atoms with van der Waals surface area (Å²) in [6, 6.07) is 57.5. The molecule has 8 aromatic carbocycles. The smallest absolute Gasteiger partial charge is 0.0975 e. The van der Waals surface area contributed by atoms with Crippen molar-refractivity contribution in [1.82, 2.24) is 9.97 Å². The van der Waals surface area contributed by atoms with Crippen LogP contribution in [0.15, 0.2) is 158 Å². The summed E-state index contributed by atoms with van der Waals surface area (Å²) in [5.74, 6) is 0. The molecule has 0 fully saturated rings. The lowest BCUT2D eigenvalue weighted by molar-refractivity contribution is 1.26. The number of fused-ring (bicyclic) bond motifs is 8. The van der Waals surface area contributed by atoms with Crippen molar-refractivity contribution in [3.8, 4) is 44.8 Å². The number of thiophene rings is 1. The SMILES string of the molecule is Cc1c(-c2cccc3ccccc23)nc2c(ccc3c(C)c(C)c(-c4ccc(-c5ccc(-c6cccc7c6sc6ccccc67)cc5)c5ccccc45)nc32)c1C. The Bertz CT molecular complexity index is 3440. The van der Waals surface area contributed by atoms with Crippen LogP contribution in [0.2, 0.25) is 0 Å². The first-order valence-electron chi connectivity index (χ1n) is 19.7. The zero-order valence-electron chi connectivity index (χ0n) is 32.3. The largest absolute Gasteiger partial charge is 0.245 e. The Morgan fingerprint density at radius 2 is 0.807 bits per heavy atom. The molecule has 0 N–H and O–H groups in total. The van der Waals surface area contributed by atoms with Crippen molar-refractivity contribution in [1.29, 1.82) is 0 Å². The van der Waals surface area contributed by atoms with Gasteiger partial charge in [-0.25, -0.2) is 9.97 Å². The van der Waals surface area contributed by atoms with Gasteiger partial charge in [0.2, 0.25) is 0 Å². The molecule has 0 radical (unpaired) electrons. The van der Waals surface area contributed by atoms with Crippen LogP contribution in [0, 0.1) is 27.7 Å². The molecule has 0 amide bonds. The molecule has 57 heavy (non-hydrogen) atoms. The number of benzene rings is 8. The highest BCUT2D eigenvalue weighted by Gasteiger charge is 2.20. The molecule has 3 heteroatoms. The molecule has 0 saturated heterocycles. The zero-order valence-corrected chi connectivity index (χ0v) is 33.1. The van der Waals surface area contributed by atoms with Crippen LogP contribution in [0.3, 0.4) is 0 Å². The predicted molar refractivity (Wildman–Crippen MR) is 246 cm³/mol. The summed E-state index contributed by atoms with van der Waals surface area (Å²) in [5.41, 5.74) is 16.0. The molecule has 0 aliphatic rings. The molecule has 0 bridgehead atoms. The molecule has 11 aromatic rings. The van der Waals surface area contributed by atoms with Gasteiger partial charge >= 0.3 is 0 Å². The molecule has 2 nitrogen and oxygen atoms in total. The second-order valence-corrected chi connectivity index (χ2v) is 16.4. The molecule has 3 heterocycles. The van der Waals surface area contributed by atoms with E-state index in [1.807, 2.05) is 11.3 Å². The van der Waals surface area contributed by atoms with E-state index in [1.165, 1.54) is 86.2 Å². The van der Waals surface area contributed by atoms with Crippen LogP contribution in [0.4, 0.5) is 0 Å². The normalized spacial score (nSPS) is 11.9. The van der Waals surface area contributed by atoms with Gasteiger partial charge in [-0.15, -0.1) is 11.3 Å². The zero-order chi connectivity index (χ0) is 38.4. The van der Waals surface area contributed by atoms with Gasteiger partial charge < -0.3 is 0 Å². The summed E-state index contributed by atoms with van der Waals surface area (Å²) in [7, 11) is 0. The number of hydrogen-bond acceptors (Lipinski definition) is 3. The fourth-order valence-corrected chi connectivity index (χ4v) is 10.3. The second-order valence-electron chi connectivity index (χ2n) is 15.4. The Morgan fingerprint density at radius 3 is 1.49 bits per heavy atom. The second kappa shape index (κ2) is 12.9. The number of pyridine rings is 2. The van der Waals surface area contributed by atoms with Crippen molar-refractivity contribution < 1.29 is 0 Å². The number of hydrogen-bond donors (Lipinski definition) is 0. The molecule has 11 rings (SSSR count). The molecular weight excluding hydrogens is 709 g/mol. The number of aromatic nitrogens is 2. The highest BCUT2D eigenvalue weighted by Crippen LogP contribution is 2.43. The van der Waals surface area contributed by atoms with Crippen LogP contribution in [0.5, 0.6) is 0 Å². The Hall–Kier alpha value is -6.68. The van der Waals surface area contributed by atoms with E-state index >= 15 is 0 Å². The third-order valence-corrected chi connectivity index (χ3v) is 13.6. The predicted octanol–water partition coefficient (Wildman–Crippen LogP) is 15.4. The van der Waals surface area contributed by atoms with Gasteiger partial charge in [0, 0.05) is 42.1 Å². The minimum absolute atomic E-state index is 0.951. The molecule has 0 saturated carbocycles. The monoisotopic (exact) mass is 746 g/mol. The quantitative estimate of drug-likeness (QED) is 0.168. The van der Waals surface area contributed by atoms with Crippen LogP contribution >= 0.6 is 11.3 Å². The number of nitrogens with zero attached hydrogens (tertiary/aromatic N) is 2. The lowest BCUT2D eigenvalue weighted by Gasteiger charge is -2.18. The standard InChI is InChI=1S/C54H38N2S/c1-31-33(3)50(46-20-11-14-35-13-5-6-15-40(35)46)55-52-38(31)27-28-39-32(2)34(4)51(56-53(39)52)47-30-29-41(43-16-7-8-17-44(43)47)36-23-25-37(26-24-36)42-19-12-21-48-45-18-9-10-22-49(45)57-54(42)48/h5-30H,1-4H3. The van der Waals surface area contributed by atoms with Gasteiger partial charge in [0.05, 0.1) is 22.4 Å². The Kier molecular flexibility index (Phi) is 7.64. The first kappa shape index (κ1) is 33.6. The lowest BCUT2D eigenvalue weighted by atomic mass is 9.90. The van der Waals surface area contributed by atoms with Gasteiger partial charge in [-0.3, -0.25) is 0 Å². The lowest BCUT2D eigenvalue weighted by Crippen LogP contribution is -2.00. The van der Waals surface area contributed by atoms with E-state index in [-0.39, 0.29) is 0 Å². The van der Waals surface area contributed by atoms with Crippen LogP contribution in [0.25, 0.3) is 108 Å². The van der Waals surface area contributed by atoms with E-state index in [9.17, 15) is 0 Å². The van der Waals surface area contributed by atoms with Gasteiger partial charge in [-0.05, 0) is 99.8 Å². The molecule has 0 aliphatic carbocycles. The van der Waals surface area contributed by atoms with Crippen molar-refractivity contribution in [3.63, 3.8) is 0 Å². The molecule has 0 spiro atoms. The molecule has 0 atom stereocenters. The highest BCUT2D eigenvalue weighted by molar-refractivity contribution is 7.26. The van der Waals surface area contributed by atoms with Gasteiger partial charge in [0.25, 0.3) is 0 Å². The third kappa shape index (κ3) is 5.16. The maximum absolute atomic E-state index is 5.58.